The molecular formula is C12H8Br2F2S. The van der Waals surface area contributed by atoms with Crippen molar-refractivity contribution in [3.05, 3.63) is 55.7 Å². The SMILES string of the molecule is Cc1sc(C(Br)c2ccc(F)c(F)c2)cc1Br. The molecule has 90 valence electrons. The summed E-state index contributed by atoms with van der Waals surface area (Å²) in [7, 11) is 0. The Hall–Kier alpha value is -0.260. The van der Waals surface area contributed by atoms with Crippen LogP contribution in [0.5, 0.6) is 0 Å². The van der Waals surface area contributed by atoms with Crippen LogP contribution in [0.3, 0.4) is 0 Å². The third kappa shape index (κ3) is 2.77. The highest BCUT2D eigenvalue weighted by atomic mass is 79.9. The molecule has 0 amide bonds. The summed E-state index contributed by atoms with van der Waals surface area (Å²) in [6.07, 6.45) is 0. The molecule has 1 aromatic heterocycles. The normalized spacial score (nSPS) is 12.8. The number of aryl methyl sites for hydroxylation is 1. The standard InChI is InChI=1S/C12H8Br2F2S/c1-6-8(13)5-11(17-6)12(14)7-2-3-9(15)10(16)4-7/h2-5,12H,1H3. The lowest BCUT2D eigenvalue weighted by molar-refractivity contribution is 0.507. The molecule has 0 N–H and O–H groups in total. The molecule has 2 rings (SSSR count). The van der Waals surface area contributed by atoms with Crippen molar-refractivity contribution >= 4 is 43.2 Å². The summed E-state index contributed by atoms with van der Waals surface area (Å²) >= 11 is 8.56. The van der Waals surface area contributed by atoms with Crippen LogP contribution in [0.2, 0.25) is 0 Å². The Kier molecular flexibility index (Phi) is 4.00. The quantitative estimate of drug-likeness (QED) is 0.595. The Morgan fingerprint density at radius 2 is 1.88 bits per heavy atom. The fourth-order valence-corrected chi connectivity index (χ4v) is 3.71. The molecule has 1 atom stereocenters. The van der Waals surface area contributed by atoms with Crippen LogP contribution >= 0.6 is 43.2 Å². The van der Waals surface area contributed by atoms with Gasteiger partial charge in [0, 0.05) is 14.2 Å². The van der Waals surface area contributed by atoms with E-state index in [1.54, 1.807) is 17.4 Å². The zero-order chi connectivity index (χ0) is 12.6. The molecule has 1 aromatic carbocycles. The third-order valence-electron chi connectivity index (χ3n) is 2.36. The number of rotatable bonds is 2. The predicted molar refractivity (Wildman–Crippen MR) is 73.9 cm³/mol. The first-order valence-electron chi connectivity index (χ1n) is 4.84. The number of hydrogen-bond acceptors (Lipinski definition) is 1. The van der Waals surface area contributed by atoms with E-state index in [2.05, 4.69) is 31.9 Å². The zero-order valence-electron chi connectivity index (χ0n) is 8.81. The van der Waals surface area contributed by atoms with Gasteiger partial charge in [0.05, 0.1) is 4.83 Å². The minimum atomic E-state index is -0.822. The molecular weight excluding hydrogens is 374 g/mol. The van der Waals surface area contributed by atoms with Crippen molar-refractivity contribution < 1.29 is 8.78 Å². The van der Waals surface area contributed by atoms with Crippen LogP contribution in [0.15, 0.2) is 28.7 Å². The summed E-state index contributed by atoms with van der Waals surface area (Å²) in [4.78, 5) is 2.10. The number of halogens is 4. The average molecular weight is 382 g/mol. The fourth-order valence-electron chi connectivity index (χ4n) is 1.44. The molecule has 0 saturated carbocycles. The highest BCUT2D eigenvalue weighted by molar-refractivity contribution is 9.10. The molecule has 0 nitrogen and oxygen atoms in total. The van der Waals surface area contributed by atoms with Crippen LogP contribution in [-0.2, 0) is 0 Å². The van der Waals surface area contributed by atoms with E-state index >= 15 is 0 Å². The van der Waals surface area contributed by atoms with E-state index in [0.717, 1.165) is 20.3 Å². The van der Waals surface area contributed by atoms with E-state index in [0.29, 0.717) is 5.56 Å². The van der Waals surface area contributed by atoms with Gasteiger partial charge in [-0.3, -0.25) is 0 Å². The van der Waals surface area contributed by atoms with Gasteiger partial charge in [0.25, 0.3) is 0 Å². The van der Waals surface area contributed by atoms with Gasteiger partial charge in [-0.2, -0.15) is 0 Å². The molecule has 5 heteroatoms. The number of alkyl halides is 1. The molecule has 0 radical (unpaired) electrons. The van der Waals surface area contributed by atoms with Gasteiger partial charge in [0.15, 0.2) is 11.6 Å². The number of benzene rings is 1. The Balaban J connectivity index is 2.36. The van der Waals surface area contributed by atoms with Crippen LogP contribution in [-0.4, -0.2) is 0 Å². The van der Waals surface area contributed by atoms with Gasteiger partial charge < -0.3 is 0 Å². The molecule has 0 spiro atoms. The summed E-state index contributed by atoms with van der Waals surface area (Å²) < 4.78 is 27.0. The Labute approximate surface area is 119 Å². The van der Waals surface area contributed by atoms with Crippen molar-refractivity contribution in [2.24, 2.45) is 0 Å². The summed E-state index contributed by atoms with van der Waals surface area (Å²) in [5, 5.41) is 0. The van der Waals surface area contributed by atoms with E-state index < -0.39 is 11.6 Å². The van der Waals surface area contributed by atoms with Gasteiger partial charge in [-0.05, 0) is 46.6 Å². The smallest absolute Gasteiger partial charge is 0.159 e. The highest BCUT2D eigenvalue weighted by Crippen LogP contribution is 2.38. The summed E-state index contributed by atoms with van der Waals surface area (Å²) in [5.74, 6) is -1.64. The molecule has 0 aliphatic heterocycles. The molecule has 1 heterocycles. The average Bonchev–Trinajstić information content (AvgIpc) is 2.62. The molecule has 0 bridgehead atoms. The lowest BCUT2D eigenvalue weighted by atomic mass is 10.1. The van der Waals surface area contributed by atoms with Crippen molar-refractivity contribution in [2.45, 2.75) is 11.8 Å². The topological polar surface area (TPSA) is 0 Å². The Bertz CT molecular complexity index is 532. The monoisotopic (exact) mass is 380 g/mol. The van der Waals surface area contributed by atoms with Crippen LogP contribution in [0.25, 0.3) is 0 Å². The lowest BCUT2D eigenvalue weighted by Crippen LogP contribution is -1.92. The van der Waals surface area contributed by atoms with E-state index in [1.807, 2.05) is 13.0 Å². The molecule has 0 saturated heterocycles. The Morgan fingerprint density at radius 1 is 1.18 bits per heavy atom. The second-order valence-electron chi connectivity index (χ2n) is 3.59. The first-order valence-corrected chi connectivity index (χ1v) is 7.36. The van der Waals surface area contributed by atoms with Gasteiger partial charge in [-0.1, -0.05) is 22.0 Å². The van der Waals surface area contributed by atoms with Crippen molar-refractivity contribution in [2.75, 3.05) is 0 Å². The zero-order valence-corrected chi connectivity index (χ0v) is 12.8. The highest BCUT2D eigenvalue weighted by Gasteiger charge is 2.16. The van der Waals surface area contributed by atoms with Crippen molar-refractivity contribution in [3.8, 4) is 0 Å². The molecule has 0 aliphatic rings. The number of hydrogen-bond donors (Lipinski definition) is 0. The van der Waals surface area contributed by atoms with Gasteiger partial charge >= 0.3 is 0 Å². The largest absolute Gasteiger partial charge is 0.204 e. The minimum Gasteiger partial charge on any atom is -0.204 e. The van der Waals surface area contributed by atoms with Gasteiger partial charge in [0.1, 0.15) is 0 Å². The third-order valence-corrected chi connectivity index (χ3v) is 5.89. The second kappa shape index (κ2) is 5.16. The second-order valence-corrected chi connectivity index (χ2v) is 6.65. The maximum absolute atomic E-state index is 13.1. The van der Waals surface area contributed by atoms with E-state index in [4.69, 9.17) is 0 Å². The first kappa shape index (κ1) is 13.2. The molecule has 1 unspecified atom stereocenters. The summed E-state index contributed by atoms with van der Waals surface area (Å²) in [6.45, 7) is 2.00. The predicted octanol–water partition coefficient (Wildman–Crippen LogP) is 5.58. The van der Waals surface area contributed by atoms with E-state index in [9.17, 15) is 8.78 Å². The van der Waals surface area contributed by atoms with Crippen LogP contribution < -0.4 is 0 Å². The maximum Gasteiger partial charge on any atom is 0.159 e. The van der Waals surface area contributed by atoms with Crippen molar-refractivity contribution in [3.63, 3.8) is 0 Å². The van der Waals surface area contributed by atoms with E-state index in [-0.39, 0.29) is 4.83 Å². The van der Waals surface area contributed by atoms with Crippen molar-refractivity contribution in [1.29, 1.82) is 0 Å². The Morgan fingerprint density at radius 3 is 2.41 bits per heavy atom. The van der Waals surface area contributed by atoms with Crippen LogP contribution in [0, 0.1) is 18.6 Å². The molecule has 2 aromatic rings. The molecule has 17 heavy (non-hydrogen) atoms. The lowest BCUT2D eigenvalue weighted by Gasteiger charge is -2.08. The fraction of sp³-hybridized carbons (Fsp3) is 0.167. The molecule has 0 aliphatic carbocycles. The van der Waals surface area contributed by atoms with Gasteiger partial charge in [0.2, 0.25) is 0 Å². The van der Waals surface area contributed by atoms with Gasteiger partial charge in [-0.15, -0.1) is 11.3 Å². The summed E-state index contributed by atoms with van der Waals surface area (Å²) in [5.41, 5.74) is 0.706. The molecule has 0 fully saturated rings. The van der Waals surface area contributed by atoms with Crippen molar-refractivity contribution in [1.82, 2.24) is 0 Å². The summed E-state index contributed by atoms with van der Waals surface area (Å²) in [6, 6.07) is 5.94. The van der Waals surface area contributed by atoms with Crippen LogP contribution in [0.1, 0.15) is 20.1 Å². The minimum absolute atomic E-state index is 0.118. The maximum atomic E-state index is 13.1. The number of thiophene rings is 1. The van der Waals surface area contributed by atoms with E-state index in [1.165, 1.54) is 6.07 Å². The first-order chi connectivity index (χ1) is 7.99. The van der Waals surface area contributed by atoms with Crippen LogP contribution in [0.4, 0.5) is 8.78 Å². The van der Waals surface area contributed by atoms with Gasteiger partial charge in [-0.25, -0.2) is 8.78 Å².